The normalized spacial score (nSPS) is 21.2. The van der Waals surface area contributed by atoms with Crippen LogP contribution in [0.3, 0.4) is 0 Å². The summed E-state index contributed by atoms with van der Waals surface area (Å²) in [4.78, 5) is 14.1. The quantitative estimate of drug-likeness (QED) is 0.876. The van der Waals surface area contributed by atoms with Crippen LogP contribution in [0.15, 0.2) is 24.3 Å². The first-order chi connectivity index (χ1) is 11.3. The zero-order valence-corrected chi connectivity index (χ0v) is 13.6. The van der Waals surface area contributed by atoms with Gasteiger partial charge in [0.15, 0.2) is 0 Å². The zero-order chi connectivity index (χ0) is 15.9. The Morgan fingerprint density at radius 2 is 2.13 bits per heavy atom. The Bertz CT molecular complexity index is 509. The standard InChI is InChI=1S/C18H26N2O3/c21-18(20-9-2-1-3-10-20)13-19-15-6-4-7-16(12-15)23-14-17-8-5-11-22-17/h4,6-7,12,17,19H,1-3,5,8-11,13-14H2. The summed E-state index contributed by atoms with van der Waals surface area (Å²) in [5.74, 6) is 0.992. The number of hydrogen-bond acceptors (Lipinski definition) is 4. The van der Waals surface area contributed by atoms with Gasteiger partial charge < -0.3 is 19.7 Å². The van der Waals surface area contributed by atoms with Crippen molar-refractivity contribution in [2.75, 3.05) is 38.2 Å². The molecule has 0 spiro atoms. The number of nitrogens with one attached hydrogen (secondary N) is 1. The molecule has 1 atom stereocenters. The molecule has 2 fully saturated rings. The highest BCUT2D eigenvalue weighted by Gasteiger charge is 2.17. The molecule has 23 heavy (non-hydrogen) atoms. The minimum atomic E-state index is 0.176. The van der Waals surface area contributed by atoms with Crippen LogP contribution in [0.25, 0.3) is 0 Å². The lowest BCUT2D eigenvalue weighted by Gasteiger charge is -2.26. The van der Waals surface area contributed by atoms with Crippen molar-refractivity contribution in [3.05, 3.63) is 24.3 Å². The monoisotopic (exact) mass is 318 g/mol. The number of likely N-dealkylation sites (tertiary alicyclic amines) is 1. The molecule has 1 unspecified atom stereocenters. The Hall–Kier alpha value is -1.75. The van der Waals surface area contributed by atoms with Gasteiger partial charge in [-0.3, -0.25) is 4.79 Å². The molecule has 1 N–H and O–H groups in total. The number of amides is 1. The van der Waals surface area contributed by atoms with Gasteiger partial charge in [-0.25, -0.2) is 0 Å². The molecular formula is C18H26N2O3. The van der Waals surface area contributed by atoms with Crippen LogP contribution in [0.2, 0.25) is 0 Å². The number of carbonyl (C=O) groups excluding carboxylic acids is 1. The molecule has 1 aromatic rings. The van der Waals surface area contributed by atoms with Crippen LogP contribution in [0.5, 0.6) is 5.75 Å². The number of carbonyl (C=O) groups is 1. The van der Waals surface area contributed by atoms with Crippen molar-refractivity contribution in [2.24, 2.45) is 0 Å². The summed E-state index contributed by atoms with van der Waals surface area (Å²) in [6, 6.07) is 7.78. The Labute approximate surface area is 137 Å². The van der Waals surface area contributed by atoms with Gasteiger partial charge in [-0.05, 0) is 44.2 Å². The molecule has 2 heterocycles. The lowest BCUT2D eigenvalue weighted by Crippen LogP contribution is -2.39. The number of piperidine rings is 1. The third kappa shape index (κ3) is 4.86. The zero-order valence-electron chi connectivity index (χ0n) is 13.6. The van der Waals surface area contributed by atoms with Crippen molar-refractivity contribution in [3.8, 4) is 5.75 Å². The van der Waals surface area contributed by atoms with Crippen LogP contribution in [0, 0.1) is 0 Å². The summed E-state index contributed by atoms with van der Waals surface area (Å²) < 4.78 is 11.4. The lowest BCUT2D eigenvalue weighted by molar-refractivity contribution is -0.130. The van der Waals surface area contributed by atoms with Crippen molar-refractivity contribution >= 4 is 11.6 Å². The first-order valence-corrected chi connectivity index (χ1v) is 8.67. The van der Waals surface area contributed by atoms with Gasteiger partial charge in [-0.2, -0.15) is 0 Å². The smallest absolute Gasteiger partial charge is 0.241 e. The number of rotatable bonds is 6. The summed E-state index contributed by atoms with van der Waals surface area (Å²) in [6.45, 7) is 3.57. The summed E-state index contributed by atoms with van der Waals surface area (Å²) in [7, 11) is 0. The fraction of sp³-hybridized carbons (Fsp3) is 0.611. The molecule has 126 valence electrons. The number of nitrogens with zero attached hydrogens (tertiary/aromatic N) is 1. The van der Waals surface area contributed by atoms with Gasteiger partial charge in [0.05, 0.1) is 12.6 Å². The minimum Gasteiger partial charge on any atom is -0.491 e. The van der Waals surface area contributed by atoms with Crippen LogP contribution in [-0.4, -0.2) is 49.8 Å². The molecule has 5 heteroatoms. The van der Waals surface area contributed by atoms with E-state index in [0.29, 0.717) is 13.2 Å². The third-order valence-corrected chi connectivity index (χ3v) is 4.45. The van der Waals surface area contributed by atoms with Gasteiger partial charge in [0.2, 0.25) is 5.91 Å². The molecule has 0 aromatic heterocycles. The molecule has 3 rings (SSSR count). The van der Waals surface area contributed by atoms with E-state index in [4.69, 9.17) is 9.47 Å². The van der Waals surface area contributed by atoms with Crippen LogP contribution >= 0.6 is 0 Å². The maximum absolute atomic E-state index is 12.2. The summed E-state index contributed by atoms with van der Waals surface area (Å²) in [5, 5.41) is 3.21. The Kier molecular flexibility index (Phi) is 5.75. The average molecular weight is 318 g/mol. The largest absolute Gasteiger partial charge is 0.491 e. The lowest BCUT2D eigenvalue weighted by atomic mass is 10.1. The fourth-order valence-electron chi connectivity index (χ4n) is 3.09. The predicted molar refractivity (Wildman–Crippen MR) is 89.8 cm³/mol. The topological polar surface area (TPSA) is 50.8 Å². The Balaban J connectivity index is 1.45. The molecule has 0 radical (unpaired) electrons. The molecule has 2 saturated heterocycles. The highest BCUT2D eigenvalue weighted by Crippen LogP contribution is 2.19. The molecule has 0 bridgehead atoms. The van der Waals surface area contributed by atoms with E-state index in [2.05, 4.69) is 5.32 Å². The van der Waals surface area contributed by atoms with E-state index in [9.17, 15) is 4.79 Å². The molecule has 2 aliphatic heterocycles. The molecule has 0 aliphatic carbocycles. The van der Waals surface area contributed by atoms with Gasteiger partial charge in [-0.15, -0.1) is 0 Å². The van der Waals surface area contributed by atoms with E-state index in [1.54, 1.807) is 0 Å². The Morgan fingerprint density at radius 1 is 1.26 bits per heavy atom. The van der Waals surface area contributed by atoms with Crippen molar-refractivity contribution in [1.82, 2.24) is 4.90 Å². The highest BCUT2D eigenvalue weighted by atomic mass is 16.5. The summed E-state index contributed by atoms with van der Waals surface area (Å²) in [6.07, 6.45) is 5.89. The molecule has 5 nitrogen and oxygen atoms in total. The van der Waals surface area contributed by atoms with Crippen LogP contribution in [0.4, 0.5) is 5.69 Å². The number of benzene rings is 1. The first kappa shape index (κ1) is 16.1. The molecule has 0 saturated carbocycles. The van der Waals surface area contributed by atoms with E-state index in [1.165, 1.54) is 6.42 Å². The van der Waals surface area contributed by atoms with E-state index >= 15 is 0 Å². The van der Waals surface area contributed by atoms with Crippen molar-refractivity contribution in [3.63, 3.8) is 0 Å². The molecule has 1 aromatic carbocycles. The van der Waals surface area contributed by atoms with Gasteiger partial charge in [-0.1, -0.05) is 6.07 Å². The maximum Gasteiger partial charge on any atom is 0.241 e. The number of hydrogen-bond donors (Lipinski definition) is 1. The van der Waals surface area contributed by atoms with Crippen molar-refractivity contribution in [1.29, 1.82) is 0 Å². The van der Waals surface area contributed by atoms with Gasteiger partial charge >= 0.3 is 0 Å². The molecule has 1 amide bonds. The summed E-state index contributed by atoms with van der Waals surface area (Å²) >= 11 is 0. The van der Waals surface area contributed by atoms with Gasteiger partial charge in [0.1, 0.15) is 12.4 Å². The predicted octanol–water partition coefficient (Wildman–Crippen LogP) is 2.67. The van der Waals surface area contributed by atoms with Crippen LogP contribution in [-0.2, 0) is 9.53 Å². The minimum absolute atomic E-state index is 0.176. The van der Waals surface area contributed by atoms with Gasteiger partial charge in [0, 0.05) is 31.5 Å². The van der Waals surface area contributed by atoms with Crippen LogP contribution < -0.4 is 10.1 Å². The second-order valence-corrected chi connectivity index (χ2v) is 6.27. The maximum atomic E-state index is 12.2. The highest BCUT2D eigenvalue weighted by molar-refractivity contribution is 5.81. The second-order valence-electron chi connectivity index (χ2n) is 6.27. The first-order valence-electron chi connectivity index (χ1n) is 8.67. The van der Waals surface area contributed by atoms with Gasteiger partial charge in [0.25, 0.3) is 0 Å². The summed E-state index contributed by atoms with van der Waals surface area (Å²) in [5.41, 5.74) is 0.917. The Morgan fingerprint density at radius 3 is 2.91 bits per heavy atom. The number of ether oxygens (including phenoxy) is 2. The SMILES string of the molecule is O=C(CNc1cccc(OCC2CCCO2)c1)N1CCCCC1. The van der Waals surface area contributed by atoms with Crippen LogP contribution in [0.1, 0.15) is 32.1 Å². The third-order valence-electron chi connectivity index (χ3n) is 4.45. The molecular weight excluding hydrogens is 292 g/mol. The van der Waals surface area contributed by atoms with Crippen molar-refractivity contribution < 1.29 is 14.3 Å². The second kappa shape index (κ2) is 8.20. The fourth-order valence-corrected chi connectivity index (χ4v) is 3.09. The van der Waals surface area contributed by atoms with Crippen molar-refractivity contribution in [2.45, 2.75) is 38.2 Å². The molecule has 2 aliphatic rings. The van der Waals surface area contributed by atoms with E-state index in [1.807, 2.05) is 29.2 Å². The van der Waals surface area contributed by atoms with E-state index in [-0.39, 0.29) is 12.0 Å². The number of anilines is 1. The van der Waals surface area contributed by atoms with E-state index < -0.39 is 0 Å². The van der Waals surface area contributed by atoms with E-state index in [0.717, 1.165) is 56.8 Å². The average Bonchev–Trinajstić information content (AvgIpc) is 3.12.